The van der Waals surface area contributed by atoms with Crippen LogP contribution < -0.4 is 5.73 Å². The van der Waals surface area contributed by atoms with E-state index in [0.29, 0.717) is 25.2 Å². The van der Waals surface area contributed by atoms with E-state index in [4.69, 9.17) is 5.73 Å². The number of aryl methyl sites for hydroxylation is 2. The average Bonchev–Trinajstić information content (AvgIpc) is 2.49. The molecule has 7 nitrogen and oxygen atoms in total. The molecule has 1 heterocycles. The molecule has 1 aromatic carbocycles. The average molecular weight is 327 g/mol. The second-order valence-corrected chi connectivity index (χ2v) is 7.67. The van der Waals surface area contributed by atoms with Gasteiger partial charge in [-0.1, -0.05) is 0 Å². The van der Waals surface area contributed by atoms with E-state index in [2.05, 4.69) is 0 Å². The topological polar surface area (TPSA) is 107 Å². The lowest BCUT2D eigenvalue weighted by molar-refractivity contribution is -0.387. The van der Waals surface area contributed by atoms with Crippen molar-refractivity contribution in [2.24, 2.45) is 11.7 Å². The molecule has 22 heavy (non-hydrogen) atoms. The van der Waals surface area contributed by atoms with Gasteiger partial charge in [-0.2, -0.15) is 4.31 Å². The molecular weight excluding hydrogens is 306 g/mol. The molecule has 2 rings (SSSR count). The summed E-state index contributed by atoms with van der Waals surface area (Å²) in [5, 5.41) is 11.2. The standard InChI is InChI=1S/C14H21N3O4S/c1-10-6-13(17(18)19)14(7-11(10)2)22(20,21)16-5-3-4-12(8-15)9-16/h6-7,12H,3-5,8-9,15H2,1-2H3. The van der Waals surface area contributed by atoms with Crippen LogP contribution in [0.15, 0.2) is 17.0 Å². The Kier molecular flexibility index (Phi) is 4.84. The molecular formula is C14H21N3O4S. The van der Waals surface area contributed by atoms with Gasteiger partial charge in [0.05, 0.1) is 4.92 Å². The molecule has 0 radical (unpaired) electrons. The van der Waals surface area contributed by atoms with Gasteiger partial charge in [-0.3, -0.25) is 10.1 Å². The summed E-state index contributed by atoms with van der Waals surface area (Å²) >= 11 is 0. The maximum atomic E-state index is 12.8. The van der Waals surface area contributed by atoms with Gasteiger partial charge in [0.25, 0.3) is 5.69 Å². The molecule has 1 aliphatic rings. The SMILES string of the molecule is Cc1cc([N+](=O)[O-])c(S(=O)(=O)N2CCCC(CN)C2)cc1C. The second-order valence-electron chi connectivity index (χ2n) is 5.77. The van der Waals surface area contributed by atoms with E-state index < -0.39 is 14.9 Å². The van der Waals surface area contributed by atoms with E-state index in [9.17, 15) is 18.5 Å². The van der Waals surface area contributed by atoms with Crippen LogP contribution in [0.3, 0.4) is 0 Å². The third kappa shape index (κ3) is 3.13. The highest BCUT2D eigenvalue weighted by molar-refractivity contribution is 7.89. The van der Waals surface area contributed by atoms with E-state index in [1.54, 1.807) is 13.8 Å². The Labute approximate surface area is 130 Å². The molecule has 2 N–H and O–H groups in total. The molecule has 0 bridgehead atoms. The largest absolute Gasteiger partial charge is 0.330 e. The van der Waals surface area contributed by atoms with Crippen molar-refractivity contribution in [1.82, 2.24) is 4.31 Å². The molecule has 1 aliphatic heterocycles. The predicted octanol–water partition coefficient (Wildman–Crippen LogP) is 1.57. The second kappa shape index (κ2) is 6.31. The van der Waals surface area contributed by atoms with Crippen molar-refractivity contribution in [3.05, 3.63) is 33.4 Å². The first kappa shape index (κ1) is 16.9. The molecule has 1 fully saturated rings. The smallest absolute Gasteiger partial charge is 0.289 e. The fourth-order valence-corrected chi connectivity index (χ4v) is 4.48. The third-order valence-electron chi connectivity index (χ3n) is 4.20. The molecule has 1 saturated heterocycles. The minimum absolute atomic E-state index is 0.106. The zero-order valence-electron chi connectivity index (χ0n) is 12.8. The zero-order valence-corrected chi connectivity index (χ0v) is 13.6. The highest BCUT2D eigenvalue weighted by Crippen LogP contribution is 2.31. The molecule has 1 atom stereocenters. The van der Waals surface area contributed by atoms with Crippen molar-refractivity contribution in [2.75, 3.05) is 19.6 Å². The number of hydrogen-bond acceptors (Lipinski definition) is 5. The molecule has 1 unspecified atom stereocenters. The molecule has 0 amide bonds. The molecule has 122 valence electrons. The minimum atomic E-state index is -3.88. The summed E-state index contributed by atoms with van der Waals surface area (Å²) in [5.41, 5.74) is 6.69. The first-order valence-corrected chi connectivity index (χ1v) is 8.67. The van der Waals surface area contributed by atoms with Crippen LogP contribution in [0.2, 0.25) is 0 Å². The monoisotopic (exact) mass is 327 g/mol. The van der Waals surface area contributed by atoms with Crippen molar-refractivity contribution in [2.45, 2.75) is 31.6 Å². The van der Waals surface area contributed by atoms with Crippen LogP contribution in [0, 0.1) is 29.9 Å². The summed E-state index contributed by atoms with van der Waals surface area (Å²) in [7, 11) is -3.88. The number of rotatable bonds is 4. The zero-order chi connectivity index (χ0) is 16.5. The Morgan fingerprint density at radius 2 is 2.00 bits per heavy atom. The van der Waals surface area contributed by atoms with Crippen LogP contribution in [0.4, 0.5) is 5.69 Å². The number of nitrogens with two attached hydrogens (primary N) is 1. The molecule has 8 heteroatoms. The van der Waals surface area contributed by atoms with Crippen molar-refractivity contribution in [3.8, 4) is 0 Å². The summed E-state index contributed by atoms with van der Waals surface area (Å²) in [6.45, 7) is 4.59. The van der Waals surface area contributed by atoms with Gasteiger partial charge in [-0.05, 0) is 56.3 Å². The van der Waals surface area contributed by atoms with Gasteiger partial charge in [-0.25, -0.2) is 8.42 Å². The Balaban J connectivity index is 2.49. The lowest BCUT2D eigenvalue weighted by atomic mass is 10.0. The summed E-state index contributed by atoms with van der Waals surface area (Å²) in [4.78, 5) is 10.4. The van der Waals surface area contributed by atoms with E-state index >= 15 is 0 Å². The minimum Gasteiger partial charge on any atom is -0.330 e. The van der Waals surface area contributed by atoms with Gasteiger partial charge in [0.15, 0.2) is 4.90 Å². The van der Waals surface area contributed by atoms with Gasteiger partial charge in [0.1, 0.15) is 0 Å². The lowest BCUT2D eigenvalue weighted by Gasteiger charge is -2.31. The Hall–Kier alpha value is -1.51. The number of hydrogen-bond donors (Lipinski definition) is 1. The van der Waals surface area contributed by atoms with Crippen LogP contribution in [-0.2, 0) is 10.0 Å². The number of sulfonamides is 1. The molecule has 0 spiro atoms. The summed E-state index contributed by atoms with van der Waals surface area (Å²) < 4.78 is 27.0. The molecule has 0 aromatic heterocycles. The van der Waals surface area contributed by atoms with Crippen molar-refractivity contribution in [3.63, 3.8) is 0 Å². The van der Waals surface area contributed by atoms with Gasteiger partial charge in [0.2, 0.25) is 10.0 Å². The van der Waals surface area contributed by atoms with Gasteiger partial charge < -0.3 is 5.73 Å². The van der Waals surface area contributed by atoms with Crippen molar-refractivity contribution in [1.29, 1.82) is 0 Å². The Morgan fingerprint density at radius 3 is 2.59 bits per heavy atom. The fraction of sp³-hybridized carbons (Fsp3) is 0.571. The first-order valence-electron chi connectivity index (χ1n) is 7.23. The fourth-order valence-electron chi connectivity index (χ4n) is 2.70. The van der Waals surface area contributed by atoms with Crippen molar-refractivity contribution < 1.29 is 13.3 Å². The van der Waals surface area contributed by atoms with E-state index in [1.165, 1.54) is 16.4 Å². The predicted molar refractivity (Wildman–Crippen MR) is 83.1 cm³/mol. The van der Waals surface area contributed by atoms with Crippen LogP contribution in [0.25, 0.3) is 0 Å². The third-order valence-corrected chi connectivity index (χ3v) is 6.10. The molecule has 0 saturated carbocycles. The van der Waals surface area contributed by atoms with Crippen LogP contribution in [0.1, 0.15) is 24.0 Å². The highest BCUT2D eigenvalue weighted by Gasteiger charge is 2.34. The van der Waals surface area contributed by atoms with E-state index in [1.807, 2.05) is 0 Å². The summed E-state index contributed by atoms with van der Waals surface area (Å²) in [6.07, 6.45) is 1.61. The number of piperidine rings is 1. The molecule has 1 aromatic rings. The van der Waals surface area contributed by atoms with Gasteiger partial charge >= 0.3 is 0 Å². The van der Waals surface area contributed by atoms with Gasteiger partial charge in [-0.15, -0.1) is 0 Å². The van der Waals surface area contributed by atoms with E-state index in [-0.39, 0.29) is 16.5 Å². The molecule has 0 aliphatic carbocycles. The highest BCUT2D eigenvalue weighted by atomic mass is 32.2. The number of benzene rings is 1. The van der Waals surface area contributed by atoms with Gasteiger partial charge in [0, 0.05) is 19.2 Å². The normalized spacial score (nSPS) is 20.0. The lowest BCUT2D eigenvalue weighted by Crippen LogP contribution is -2.42. The first-order chi connectivity index (χ1) is 10.3. The van der Waals surface area contributed by atoms with Crippen LogP contribution in [-0.4, -0.2) is 37.3 Å². The van der Waals surface area contributed by atoms with Crippen molar-refractivity contribution >= 4 is 15.7 Å². The van der Waals surface area contributed by atoms with Crippen LogP contribution >= 0.6 is 0 Å². The Bertz CT molecular complexity index is 688. The number of nitro benzene ring substituents is 1. The number of nitrogens with zero attached hydrogens (tertiary/aromatic N) is 2. The maximum Gasteiger partial charge on any atom is 0.289 e. The Morgan fingerprint density at radius 1 is 1.36 bits per heavy atom. The number of nitro groups is 1. The van der Waals surface area contributed by atoms with Crippen LogP contribution in [0.5, 0.6) is 0 Å². The quantitative estimate of drug-likeness (QED) is 0.667. The van der Waals surface area contributed by atoms with E-state index in [0.717, 1.165) is 18.4 Å². The maximum absolute atomic E-state index is 12.8. The summed E-state index contributed by atoms with van der Waals surface area (Å²) in [6, 6.07) is 2.72. The summed E-state index contributed by atoms with van der Waals surface area (Å²) in [5.74, 6) is 0.106.